The molecule has 0 bridgehead atoms. The molecule has 24 heavy (non-hydrogen) atoms. The Bertz CT molecular complexity index is 767. The van der Waals surface area contributed by atoms with Gasteiger partial charge in [0.25, 0.3) is 0 Å². The largest absolute Gasteiger partial charge is 0.447 e. The number of halogens is 1. The number of aromatic nitrogens is 1. The molecule has 6 heteroatoms. The van der Waals surface area contributed by atoms with Crippen LogP contribution in [0.15, 0.2) is 33.5 Å². The molecular formula is C18H19BrN2O3. The number of primary amides is 1. The van der Waals surface area contributed by atoms with Gasteiger partial charge in [0.2, 0.25) is 0 Å². The maximum absolute atomic E-state index is 11.4. The quantitative estimate of drug-likeness (QED) is 0.827. The van der Waals surface area contributed by atoms with Gasteiger partial charge in [-0.05, 0) is 42.9 Å². The van der Waals surface area contributed by atoms with Crippen molar-refractivity contribution in [3.8, 4) is 11.3 Å². The van der Waals surface area contributed by atoms with Gasteiger partial charge in [0.1, 0.15) is 17.6 Å². The normalized spacial score (nSPS) is 20.6. The molecule has 0 spiro atoms. The van der Waals surface area contributed by atoms with Gasteiger partial charge in [0.15, 0.2) is 6.39 Å². The third kappa shape index (κ3) is 2.73. The SMILES string of the molecule is NC(=O)OC(CC1c2ccc(Br)cc2-c2ncoc21)C1CCCC1. The molecule has 1 aromatic heterocycles. The Morgan fingerprint density at radius 1 is 1.42 bits per heavy atom. The number of amides is 1. The Kier molecular flexibility index (Phi) is 4.08. The van der Waals surface area contributed by atoms with E-state index in [2.05, 4.69) is 33.0 Å². The molecule has 1 amide bonds. The van der Waals surface area contributed by atoms with Crippen LogP contribution in [0.2, 0.25) is 0 Å². The van der Waals surface area contributed by atoms with Crippen molar-refractivity contribution >= 4 is 22.0 Å². The van der Waals surface area contributed by atoms with Crippen molar-refractivity contribution in [3.05, 3.63) is 40.4 Å². The summed E-state index contributed by atoms with van der Waals surface area (Å²) in [4.78, 5) is 15.8. The van der Waals surface area contributed by atoms with E-state index in [1.807, 2.05) is 6.07 Å². The van der Waals surface area contributed by atoms with Crippen LogP contribution in [-0.4, -0.2) is 17.2 Å². The summed E-state index contributed by atoms with van der Waals surface area (Å²) in [6.45, 7) is 0. The zero-order valence-corrected chi connectivity index (χ0v) is 14.8. The van der Waals surface area contributed by atoms with E-state index in [1.54, 1.807) is 0 Å². The molecule has 5 nitrogen and oxygen atoms in total. The number of carbonyl (C=O) groups is 1. The number of rotatable bonds is 4. The van der Waals surface area contributed by atoms with Crippen molar-refractivity contribution in [2.75, 3.05) is 0 Å². The van der Waals surface area contributed by atoms with E-state index in [0.29, 0.717) is 12.3 Å². The lowest BCUT2D eigenvalue weighted by molar-refractivity contribution is 0.0606. The molecule has 1 saturated carbocycles. The zero-order chi connectivity index (χ0) is 16.7. The lowest BCUT2D eigenvalue weighted by Gasteiger charge is -2.25. The van der Waals surface area contributed by atoms with E-state index in [0.717, 1.165) is 34.3 Å². The van der Waals surface area contributed by atoms with Crippen LogP contribution in [0, 0.1) is 5.92 Å². The maximum Gasteiger partial charge on any atom is 0.404 e. The predicted molar refractivity (Wildman–Crippen MR) is 92.5 cm³/mol. The predicted octanol–water partition coefficient (Wildman–Crippen LogP) is 4.59. The summed E-state index contributed by atoms with van der Waals surface area (Å²) in [5.41, 5.74) is 8.47. The highest BCUT2D eigenvalue weighted by atomic mass is 79.9. The fraction of sp³-hybridized carbons (Fsp3) is 0.444. The Labute approximate surface area is 148 Å². The van der Waals surface area contributed by atoms with Gasteiger partial charge in [-0.2, -0.15) is 0 Å². The molecule has 4 rings (SSSR count). The second kappa shape index (κ2) is 6.24. The van der Waals surface area contributed by atoms with Gasteiger partial charge in [0, 0.05) is 16.0 Å². The molecule has 1 heterocycles. The lowest BCUT2D eigenvalue weighted by atomic mass is 9.88. The first kappa shape index (κ1) is 15.7. The van der Waals surface area contributed by atoms with Crippen molar-refractivity contribution in [1.29, 1.82) is 0 Å². The second-order valence-electron chi connectivity index (χ2n) is 6.60. The Balaban J connectivity index is 1.67. The monoisotopic (exact) mass is 390 g/mol. The summed E-state index contributed by atoms with van der Waals surface area (Å²) in [6, 6.07) is 6.19. The summed E-state index contributed by atoms with van der Waals surface area (Å²) in [5.74, 6) is 1.29. The van der Waals surface area contributed by atoms with Gasteiger partial charge >= 0.3 is 6.09 Å². The number of ether oxygens (including phenoxy) is 1. The van der Waals surface area contributed by atoms with Crippen LogP contribution in [0.1, 0.15) is 49.3 Å². The lowest BCUT2D eigenvalue weighted by Crippen LogP contribution is -2.30. The Morgan fingerprint density at radius 2 is 2.21 bits per heavy atom. The molecule has 2 aromatic rings. The molecule has 0 aliphatic heterocycles. The molecule has 2 aliphatic carbocycles. The topological polar surface area (TPSA) is 78.4 Å². The molecule has 2 atom stereocenters. The summed E-state index contributed by atoms with van der Waals surface area (Å²) in [5, 5.41) is 0. The summed E-state index contributed by atoms with van der Waals surface area (Å²) in [7, 11) is 0. The van der Waals surface area contributed by atoms with Crippen molar-refractivity contribution in [2.24, 2.45) is 11.7 Å². The number of hydrogen-bond donors (Lipinski definition) is 1. The number of nitrogens with zero attached hydrogens (tertiary/aromatic N) is 1. The van der Waals surface area contributed by atoms with Crippen molar-refractivity contribution in [2.45, 2.75) is 44.1 Å². The molecule has 0 saturated heterocycles. The average Bonchev–Trinajstić information content (AvgIpc) is 3.25. The number of carbonyl (C=O) groups excluding carboxylic acids is 1. The van der Waals surface area contributed by atoms with Crippen molar-refractivity contribution in [3.63, 3.8) is 0 Å². The molecule has 1 aromatic carbocycles. The number of benzene rings is 1. The van der Waals surface area contributed by atoms with Crippen molar-refractivity contribution in [1.82, 2.24) is 4.98 Å². The first-order valence-corrected chi connectivity index (χ1v) is 9.12. The van der Waals surface area contributed by atoms with Crippen LogP contribution in [0.25, 0.3) is 11.3 Å². The minimum Gasteiger partial charge on any atom is -0.447 e. The van der Waals surface area contributed by atoms with Crippen molar-refractivity contribution < 1.29 is 13.9 Å². The van der Waals surface area contributed by atoms with Gasteiger partial charge in [-0.15, -0.1) is 0 Å². The Morgan fingerprint density at radius 3 is 2.96 bits per heavy atom. The highest BCUT2D eigenvalue weighted by molar-refractivity contribution is 9.10. The van der Waals surface area contributed by atoms with Crippen LogP contribution < -0.4 is 5.73 Å². The highest BCUT2D eigenvalue weighted by Crippen LogP contribution is 2.48. The van der Waals surface area contributed by atoms with E-state index in [9.17, 15) is 4.79 Å². The third-order valence-electron chi connectivity index (χ3n) is 5.22. The van der Waals surface area contributed by atoms with Gasteiger partial charge in [0.05, 0.1) is 0 Å². The smallest absolute Gasteiger partial charge is 0.404 e. The number of nitrogens with two attached hydrogens (primary N) is 1. The molecule has 1 fully saturated rings. The number of fused-ring (bicyclic) bond motifs is 3. The van der Waals surface area contributed by atoms with Crippen LogP contribution >= 0.6 is 15.9 Å². The molecule has 2 aliphatic rings. The molecule has 126 valence electrons. The van der Waals surface area contributed by atoms with Gasteiger partial charge in [-0.3, -0.25) is 0 Å². The summed E-state index contributed by atoms with van der Waals surface area (Å²) in [6.07, 6.45) is 5.84. The number of oxazole rings is 1. The molecule has 2 unspecified atom stereocenters. The van der Waals surface area contributed by atoms with Gasteiger partial charge in [-0.1, -0.05) is 34.8 Å². The fourth-order valence-electron chi connectivity index (χ4n) is 4.16. The average molecular weight is 391 g/mol. The molecule has 2 N–H and O–H groups in total. The molecular weight excluding hydrogens is 372 g/mol. The van der Waals surface area contributed by atoms with Crippen LogP contribution in [0.4, 0.5) is 4.79 Å². The van der Waals surface area contributed by atoms with Gasteiger partial charge < -0.3 is 14.9 Å². The fourth-order valence-corrected chi connectivity index (χ4v) is 4.53. The molecule has 0 radical (unpaired) electrons. The standard InChI is InChI=1S/C18H19BrN2O3/c19-11-5-6-12-13(7-11)16-17(23-9-21-16)14(12)8-15(24-18(20)22)10-3-1-2-4-10/h5-7,9-10,14-15H,1-4,8H2,(H2,20,22). The third-order valence-corrected chi connectivity index (χ3v) is 5.71. The summed E-state index contributed by atoms with van der Waals surface area (Å²) >= 11 is 3.52. The second-order valence-corrected chi connectivity index (χ2v) is 7.52. The van der Waals surface area contributed by atoms with Crippen LogP contribution in [0.3, 0.4) is 0 Å². The van der Waals surface area contributed by atoms with E-state index < -0.39 is 6.09 Å². The van der Waals surface area contributed by atoms with E-state index >= 15 is 0 Å². The van der Waals surface area contributed by atoms with E-state index in [4.69, 9.17) is 14.9 Å². The van der Waals surface area contributed by atoms with Crippen LogP contribution in [-0.2, 0) is 4.74 Å². The summed E-state index contributed by atoms with van der Waals surface area (Å²) < 4.78 is 12.2. The van der Waals surface area contributed by atoms with E-state index in [1.165, 1.54) is 24.8 Å². The highest BCUT2D eigenvalue weighted by Gasteiger charge is 2.38. The maximum atomic E-state index is 11.4. The Hall–Kier alpha value is -1.82. The minimum atomic E-state index is -0.696. The van der Waals surface area contributed by atoms with E-state index in [-0.39, 0.29) is 12.0 Å². The minimum absolute atomic E-state index is 0.0514. The van der Waals surface area contributed by atoms with Gasteiger partial charge in [-0.25, -0.2) is 9.78 Å². The van der Waals surface area contributed by atoms with Crippen LogP contribution in [0.5, 0.6) is 0 Å². The zero-order valence-electron chi connectivity index (χ0n) is 13.2. The first-order valence-electron chi connectivity index (χ1n) is 8.32. The number of hydrogen-bond acceptors (Lipinski definition) is 4. The first-order chi connectivity index (χ1) is 11.6.